The lowest BCUT2D eigenvalue weighted by Gasteiger charge is -2.28. The van der Waals surface area contributed by atoms with Crippen molar-refractivity contribution >= 4 is 17.5 Å². The lowest BCUT2D eigenvalue weighted by molar-refractivity contribution is 0.116. The maximum Gasteiger partial charge on any atom is 0.243 e. The van der Waals surface area contributed by atoms with Gasteiger partial charge in [0.05, 0.1) is 17.8 Å². The number of aryl methyl sites for hydroxylation is 2. The first-order valence-electron chi connectivity index (χ1n) is 8.11. The van der Waals surface area contributed by atoms with E-state index in [1.54, 1.807) is 6.07 Å². The largest absolute Gasteiger partial charge is 0.507 e. The van der Waals surface area contributed by atoms with Gasteiger partial charge in [0.2, 0.25) is 5.95 Å². The molecule has 128 valence electrons. The van der Waals surface area contributed by atoms with Crippen molar-refractivity contribution in [3.8, 4) is 17.0 Å². The average molecular weight is 349 g/mol. The zero-order valence-corrected chi connectivity index (χ0v) is 14.5. The number of rotatable bonds is 3. The van der Waals surface area contributed by atoms with E-state index in [0.717, 1.165) is 31.2 Å². The van der Waals surface area contributed by atoms with E-state index in [1.165, 1.54) is 6.07 Å². The van der Waals surface area contributed by atoms with Crippen molar-refractivity contribution in [3.63, 3.8) is 0 Å². The van der Waals surface area contributed by atoms with Crippen LogP contribution >= 0.6 is 11.6 Å². The first-order valence-corrected chi connectivity index (χ1v) is 8.49. The summed E-state index contributed by atoms with van der Waals surface area (Å²) in [7, 11) is 0. The summed E-state index contributed by atoms with van der Waals surface area (Å²) in [6.45, 7) is 3.67. The Morgan fingerprint density at radius 3 is 2.58 bits per heavy atom. The number of hydrogen-bond acceptors (Lipinski definition) is 6. The molecule has 0 amide bonds. The summed E-state index contributed by atoms with van der Waals surface area (Å²) in [6, 6.07) is 3.20. The van der Waals surface area contributed by atoms with Gasteiger partial charge in [0.1, 0.15) is 11.4 Å². The predicted octanol–water partition coefficient (Wildman–Crippen LogP) is 3.23. The number of aromatic nitrogens is 3. The number of phenols is 1. The van der Waals surface area contributed by atoms with Crippen LogP contribution in [-0.2, 0) is 0 Å². The molecule has 1 aromatic carbocycles. The molecule has 1 aromatic heterocycles. The van der Waals surface area contributed by atoms with Gasteiger partial charge in [-0.1, -0.05) is 24.4 Å². The Balaban J connectivity index is 1.88. The van der Waals surface area contributed by atoms with Crippen LogP contribution in [0.5, 0.6) is 5.75 Å². The number of aliphatic hydroxyl groups is 1. The fourth-order valence-electron chi connectivity index (χ4n) is 3.17. The van der Waals surface area contributed by atoms with E-state index in [-0.39, 0.29) is 17.9 Å². The van der Waals surface area contributed by atoms with Gasteiger partial charge in [-0.15, -0.1) is 10.2 Å². The SMILES string of the molecule is Cc1cc(Cl)cc(O)c1-c1nnc(NC2CCCCC2O)nc1C. The molecule has 1 heterocycles. The average Bonchev–Trinajstić information content (AvgIpc) is 2.51. The molecule has 1 aliphatic carbocycles. The molecule has 0 bridgehead atoms. The van der Waals surface area contributed by atoms with E-state index in [2.05, 4.69) is 20.5 Å². The summed E-state index contributed by atoms with van der Waals surface area (Å²) in [4.78, 5) is 4.44. The van der Waals surface area contributed by atoms with Crippen molar-refractivity contribution < 1.29 is 10.2 Å². The molecule has 3 N–H and O–H groups in total. The van der Waals surface area contributed by atoms with Crippen LogP contribution in [0.1, 0.15) is 36.9 Å². The number of hydrogen-bond donors (Lipinski definition) is 3. The lowest BCUT2D eigenvalue weighted by Crippen LogP contribution is -2.37. The number of phenolic OH excluding ortho intramolecular Hbond substituents is 1. The Labute approximate surface area is 145 Å². The summed E-state index contributed by atoms with van der Waals surface area (Å²) in [5, 5.41) is 32.2. The van der Waals surface area contributed by atoms with Crippen LogP contribution in [0.4, 0.5) is 5.95 Å². The molecule has 0 spiro atoms. The van der Waals surface area contributed by atoms with E-state index in [0.29, 0.717) is 27.9 Å². The van der Waals surface area contributed by atoms with Crippen LogP contribution in [-0.4, -0.2) is 37.5 Å². The lowest BCUT2D eigenvalue weighted by atomic mass is 9.93. The maximum absolute atomic E-state index is 10.2. The first-order chi connectivity index (χ1) is 11.5. The number of nitrogens with one attached hydrogen (secondary N) is 1. The Bertz CT molecular complexity index is 730. The van der Waals surface area contributed by atoms with Gasteiger partial charge in [-0.25, -0.2) is 4.98 Å². The molecule has 3 rings (SSSR count). The molecule has 7 heteroatoms. The van der Waals surface area contributed by atoms with Crippen molar-refractivity contribution in [2.75, 3.05) is 5.32 Å². The van der Waals surface area contributed by atoms with Crippen molar-refractivity contribution in [3.05, 3.63) is 28.4 Å². The highest BCUT2D eigenvalue weighted by Crippen LogP contribution is 2.35. The van der Waals surface area contributed by atoms with E-state index in [9.17, 15) is 10.2 Å². The standard InChI is InChI=1S/C17H21ClN4O2/c1-9-7-11(18)8-14(24)15(9)16-10(2)19-17(22-21-16)20-12-5-3-4-6-13(12)23/h7-8,12-13,23-24H,3-6H2,1-2H3,(H,19,20,22). The monoisotopic (exact) mass is 348 g/mol. The molecule has 0 aliphatic heterocycles. The summed E-state index contributed by atoms with van der Waals surface area (Å²) in [5.74, 6) is 0.455. The topological polar surface area (TPSA) is 91.2 Å². The van der Waals surface area contributed by atoms with Gasteiger partial charge in [-0.2, -0.15) is 0 Å². The van der Waals surface area contributed by atoms with Crippen molar-refractivity contribution in [1.82, 2.24) is 15.2 Å². The zero-order valence-electron chi connectivity index (χ0n) is 13.8. The molecule has 1 saturated carbocycles. The molecular weight excluding hydrogens is 328 g/mol. The van der Waals surface area contributed by atoms with Crippen LogP contribution in [0.3, 0.4) is 0 Å². The Hall–Kier alpha value is -1.92. The Morgan fingerprint density at radius 1 is 1.17 bits per heavy atom. The summed E-state index contributed by atoms with van der Waals surface area (Å²) < 4.78 is 0. The van der Waals surface area contributed by atoms with Gasteiger partial charge in [0, 0.05) is 10.6 Å². The second kappa shape index (κ2) is 6.91. The molecule has 2 atom stereocenters. The third-order valence-corrected chi connectivity index (χ3v) is 4.64. The highest BCUT2D eigenvalue weighted by atomic mass is 35.5. The first kappa shape index (κ1) is 16.9. The third kappa shape index (κ3) is 3.44. The summed E-state index contributed by atoms with van der Waals surface area (Å²) >= 11 is 5.95. The minimum Gasteiger partial charge on any atom is -0.507 e. The Kier molecular flexibility index (Phi) is 4.87. The van der Waals surface area contributed by atoms with E-state index >= 15 is 0 Å². The second-order valence-electron chi connectivity index (χ2n) is 6.29. The van der Waals surface area contributed by atoms with Crippen LogP contribution in [0.2, 0.25) is 5.02 Å². The number of halogens is 1. The predicted molar refractivity (Wildman–Crippen MR) is 93.3 cm³/mol. The van der Waals surface area contributed by atoms with Crippen molar-refractivity contribution in [1.29, 1.82) is 0 Å². The quantitative estimate of drug-likeness (QED) is 0.788. The smallest absolute Gasteiger partial charge is 0.243 e. The van der Waals surface area contributed by atoms with Gasteiger partial charge in [-0.05, 0) is 44.4 Å². The van der Waals surface area contributed by atoms with Gasteiger partial charge in [0.25, 0.3) is 0 Å². The third-order valence-electron chi connectivity index (χ3n) is 4.42. The number of nitrogens with zero attached hydrogens (tertiary/aromatic N) is 3. The molecular formula is C17H21ClN4O2. The minimum absolute atomic E-state index is 0.0449. The highest BCUT2D eigenvalue weighted by molar-refractivity contribution is 6.31. The van der Waals surface area contributed by atoms with Gasteiger partial charge < -0.3 is 15.5 Å². The van der Waals surface area contributed by atoms with Gasteiger partial charge in [-0.3, -0.25) is 0 Å². The molecule has 2 aromatic rings. The number of benzene rings is 1. The van der Waals surface area contributed by atoms with Crippen LogP contribution in [0.25, 0.3) is 11.3 Å². The minimum atomic E-state index is -0.384. The van der Waals surface area contributed by atoms with Crippen molar-refractivity contribution in [2.24, 2.45) is 0 Å². The molecule has 24 heavy (non-hydrogen) atoms. The molecule has 6 nitrogen and oxygen atoms in total. The Morgan fingerprint density at radius 2 is 1.92 bits per heavy atom. The summed E-state index contributed by atoms with van der Waals surface area (Å²) in [6.07, 6.45) is 3.43. The molecule has 0 saturated heterocycles. The van der Waals surface area contributed by atoms with E-state index in [4.69, 9.17) is 11.6 Å². The molecule has 1 fully saturated rings. The van der Waals surface area contributed by atoms with E-state index < -0.39 is 0 Å². The van der Waals surface area contributed by atoms with Crippen LogP contribution in [0.15, 0.2) is 12.1 Å². The maximum atomic E-state index is 10.2. The molecule has 2 unspecified atom stereocenters. The molecule has 1 aliphatic rings. The fourth-order valence-corrected chi connectivity index (χ4v) is 3.44. The highest BCUT2D eigenvalue weighted by Gasteiger charge is 2.24. The van der Waals surface area contributed by atoms with Gasteiger partial charge >= 0.3 is 0 Å². The van der Waals surface area contributed by atoms with Crippen LogP contribution in [0, 0.1) is 13.8 Å². The second-order valence-corrected chi connectivity index (χ2v) is 6.73. The van der Waals surface area contributed by atoms with E-state index in [1.807, 2.05) is 13.8 Å². The number of aromatic hydroxyl groups is 1. The van der Waals surface area contributed by atoms with Gasteiger partial charge in [0.15, 0.2) is 0 Å². The van der Waals surface area contributed by atoms with Crippen molar-refractivity contribution in [2.45, 2.75) is 51.7 Å². The number of anilines is 1. The summed E-state index contributed by atoms with van der Waals surface area (Å²) in [5.41, 5.74) is 2.57. The van der Waals surface area contributed by atoms with Crippen LogP contribution < -0.4 is 5.32 Å². The zero-order chi connectivity index (χ0) is 17.3. The molecule has 0 radical (unpaired) electrons. The number of aliphatic hydroxyl groups excluding tert-OH is 1. The fraction of sp³-hybridized carbons (Fsp3) is 0.471. The normalized spacial score (nSPS) is 20.8.